The lowest BCUT2D eigenvalue weighted by atomic mass is 9.87. The first kappa shape index (κ1) is 58.3. The maximum Gasteiger partial charge on any atom is 0.296 e. The Bertz CT molecular complexity index is 2830. The standard InChI is InChI=1S/C50H69N5O13S3/c1-7-8-9-10-11-12-13-14-15-16-17-18-19-20-21-22-31-55(6)69(60,61)40-29-25-37(26-30-40)52-49(59)47(48(58)50(3,4)5)68-39-27-23-38(24-28-39)53-54-45-43(71(65,66)67)33-36-32-41(70(62,63)64)34-42(51-35(2)56)44(36)46(45)57/h23-30,32-34,47,57H,7-22,31H2,1-6H3,(H,51,56)(H,52,59)(H,62,63,64)(H,65,66,67). The van der Waals surface area contributed by atoms with Crippen molar-refractivity contribution in [3.63, 3.8) is 0 Å². The highest BCUT2D eigenvalue weighted by Gasteiger charge is 2.37. The number of rotatable bonds is 29. The number of carbonyl (C=O) groups is 3. The van der Waals surface area contributed by atoms with Gasteiger partial charge in [-0.2, -0.15) is 21.9 Å². The number of carbonyl (C=O) groups excluding carboxylic acids is 3. The van der Waals surface area contributed by atoms with E-state index in [-0.39, 0.29) is 38.5 Å². The molecule has 0 bridgehead atoms. The van der Waals surface area contributed by atoms with Crippen LogP contribution >= 0.6 is 0 Å². The smallest absolute Gasteiger partial charge is 0.296 e. The van der Waals surface area contributed by atoms with E-state index in [0.717, 1.165) is 50.8 Å². The predicted molar refractivity (Wildman–Crippen MR) is 273 cm³/mol. The zero-order valence-electron chi connectivity index (χ0n) is 41.4. The zero-order valence-corrected chi connectivity index (χ0v) is 43.9. The maximum atomic E-state index is 13.7. The third-order valence-corrected chi connectivity index (χ3v) is 15.3. The summed E-state index contributed by atoms with van der Waals surface area (Å²) >= 11 is 0. The minimum Gasteiger partial charge on any atom is -0.505 e. The average Bonchev–Trinajstić information content (AvgIpc) is 3.29. The van der Waals surface area contributed by atoms with E-state index >= 15 is 0 Å². The van der Waals surface area contributed by atoms with E-state index in [9.17, 15) is 53.8 Å². The Kier molecular flexibility index (Phi) is 21.7. The largest absolute Gasteiger partial charge is 0.505 e. The number of benzene rings is 4. The number of phenolic OH excluding ortho intramolecular Hbond substituents is 1. The molecule has 0 saturated heterocycles. The first-order valence-corrected chi connectivity index (χ1v) is 28.3. The molecule has 71 heavy (non-hydrogen) atoms. The van der Waals surface area contributed by atoms with E-state index in [1.807, 2.05) is 0 Å². The van der Waals surface area contributed by atoms with Crippen molar-refractivity contribution in [1.29, 1.82) is 0 Å². The van der Waals surface area contributed by atoms with E-state index in [4.69, 9.17) is 4.74 Å². The molecule has 0 spiro atoms. The topological polar surface area (TPSA) is 276 Å². The number of hydrogen-bond donors (Lipinski definition) is 5. The lowest BCUT2D eigenvalue weighted by molar-refractivity contribution is -0.140. The third-order valence-electron chi connectivity index (χ3n) is 11.7. The monoisotopic (exact) mass is 1040 g/mol. The Morgan fingerprint density at radius 3 is 1.68 bits per heavy atom. The number of hydrogen-bond acceptors (Lipinski definition) is 13. The molecule has 21 heteroatoms. The van der Waals surface area contributed by atoms with Gasteiger partial charge in [0.05, 0.1) is 21.2 Å². The molecule has 4 aromatic rings. The Morgan fingerprint density at radius 2 is 1.20 bits per heavy atom. The zero-order chi connectivity index (χ0) is 52.6. The lowest BCUT2D eigenvalue weighted by Crippen LogP contribution is -2.45. The normalized spacial score (nSPS) is 12.9. The fourth-order valence-electron chi connectivity index (χ4n) is 7.75. The van der Waals surface area contributed by atoms with Crippen LogP contribution in [-0.2, 0) is 44.6 Å². The van der Waals surface area contributed by atoms with Gasteiger partial charge in [-0.3, -0.25) is 23.5 Å². The molecule has 0 aliphatic carbocycles. The SMILES string of the molecule is CCCCCCCCCCCCCCCCCCN(C)S(=O)(=O)c1ccc(NC(=O)C(Oc2ccc(N=Nc3c(S(=O)(=O)O)cc4cc(S(=O)(=O)O)cc(NC(C)=O)c4c3O)cc2)C(=O)C(C)(C)C)cc1. The number of aromatic hydroxyl groups is 1. The molecule has 18 nitrogen and oxygen atoms in total. The van der Waals surface area contributed by atoms with Crippen molar-refractivity contribution in [2.24, 2.45) is 15.6 Å². The number of sulfonamides is 1. The van der Waals surface area contributed by atoms with E-state index in [2.05, 4.69) is 27.8 Å². The number of unbranched alkanes of at least 4 members (excludes halogenated alkanes) is 15. The second-order valence-corrected chi connectivity index (χ2v) is 23.6. The number of fused-ring (bicyclic) bond motifs is 1. The van der Waals surface area contributed by atoms with Gasteiger partial charge in [0.15, 0.2) is 11.5 Å². The molecule has 0 saturated carbocycles. The number of ether oxygens (including phenoxy) is 1. The minimum atomic E-state index is -5.16. The van der Waals surface area contributed by atoms with Crippen molar-refractivity contribution in [2.45, 2.75) is 158 Å². The fourth-order valence-corrected chi connectivity index (χ4v) is 10.2. The summed E-state index contributed by atoms with van der Waals surface area (Å²) in [5, 5.41) is 23.4. The Hall–Kier alpha value is -5.32. The van der Waals surface area contributed by atoms with E-state index in [1.165, 1.54) is 130 Å². The molecule has 5 N–H and O–H groups in total. The molecule has 1 atom stereocenters. The number of nitrogens with zero attached hydrogens (tertiary/aromatic N) is 3. The van der Waals surface area contributed by atoms with Crippen LogP contribution in [0.5, 0.6) is 11.5 Å². The Morgan fingerprint density at radius 1 is 0.676 bits per heavy atom. The van der Waals surface area contributed by atoms with Gasteiger partial charge in [-0.25, -0.2) is 12.7 Å². The first-order valence-electron chi connectivity index (χ1n) is 24.0. The molecule has 0 radical (unpaired) electrons. The summed E-state index contributed by atoms with van der Waals surface area (Å²) in [6.07, 6.45) is 17.9. The third kappa shape index (κ3) is 17.7. The number of amides is 2. The first-order chi connectivity index (χ1) is 33.3. The molecule has 4 rings (SSSR count). The van der Waals surface area contributed by atoms with Gasteiger partial charge >= 0.3 is 0 Å². The summed E-state index contributed by atoms with van der Waals surface area (Å²) < 4.78 is 102. The lowest BCUT2D eigenvalue weighted by Gasteiger charge is -2.25. The van der Waals surface area contributed by atoms with Crippen molar-refractivity contribution in [3.8, 4) is 11.5 Å². The van der Waals surface area contributed by atoms with Crippen molar-refractivity contribution < 1.29 is 58.6 Å². The predicted octanol–water partition coefficient (Wildman–Crippen LogP) is 11.3. The van der Waals surface area contributed by atoms with Crippen LogP contribution in [0, 0.1) is 5.41 Å². The van der Waals surface area contributed by atoms with Gasteiger partial charge in [0.25, 0.3) is 26.1 Å². The van der Waals surface area contributed by atoms with Crippen LogP contribution in [-0.4, -0.2) is 81.1 Å². The van der Waals surface area contributed by atoms with Gasteiger partial charge in [0.1, 0.15) is 16.3 Å². The molecule has 0 heterocycles. The maximum absolute atomic E-state index is 13.7. The molecule has 0 aliphatic rings. The van der Waals surface area contributed by atoms with Gasteiger partial charge < -0.3 is 20.5 Å². The van der Waals surface area contributed by atoms with E-state index < -0.39 is 80.6 Å². The highest BCUT2D eigenvalue weighted by molar-refractivity contribution is 7.89. The second kappa shape index (κ2) is 26.4. The number of ketones is 1. The molecular weight excluding hydrogens is 975 g/mol. The van der Waals surface area contributed by atoms with Crippen LogP contribution in [0.4, 0.5) is 22.7 Å². The van der Waals surface area contributed by atoms with Crippen molar-refractivity contribution in [1.82, 2.24) is 4.31 Å². The molecule has 1 unspecified atom stereocenters. The number of Topliss-reactive ketones (excluding diaryl/α,β-unsaturated/α-hetero) is 1. The van der Waals surface area contributed by atoms with Gasteiger partial charge in [0, 0.05) is 37.0 Å². The summed E-state index contributed by atoms with van der Waals surface area (Å²) in [7, 11) is -12.3. The molecule has 2 amide bonds. The molecule has 0 fully saturated rings. The van der Waals surface area contributed by atoms with Crippen LogP contribution in [0.1, 0.15) is 137 Å². The van der Waals surface area contributed by atoms with Crippen LogP contribution < -0.4 is 15.4 Å². The van der Waals surface area contributed by atoms with Crippen LogP contribution in [0.2, 0.25) is 0 Å². The second-order valence-electron chi connectivity index (χ2n) is 18.7. The van der Waals surface area contributed by atoms with Gasteiger partial charge in [-0.1, -0.05) is 124 Å². The average molecular weight is 1040 g/mol. The Labute approximate surface area is 418 Å². The van der Waals surface area contributed by atoms with Crippen LogP contribution in [0.3, 0.4) is 0 Å². The summed E-state index contributed by atoms with van der Waals surface area (Å²) in [5.74, 6) is -3.04. The summed E-state index contributed by atoms with van der Waals surface area (Å²) in [6.45, 7) is 8.50. The molecule has 0 aromatic heterocycles. The van der Waals surface area contributed by atoms with Crippen molar-refractivity contribution in [2.75, 3.05) is 24.2 Å². The highest BCUT2D eigenvalue weighted by Crippen LogP contribution is 2.45. The molecule has 4 aromatic carbocycles. The molecular formula is C50H69N5O13S3. The van der Waals surface area contributed by atoms with Gasteiger partial charge in [-0.15, -0.1) is 5.11 Å². The van der Waals surface area contributed by atoms with Crippen LogP contribution in [0.15, 0.2) is 91.6 Å². The van der Waals surface area contributed by atoms with Crippen LogP contribution in [0.25, 0.3) is 10.8 Å². The summed E-state index contributed by atoms with van der Waals surface area (Å²) in [4.78, 5) is 37.5. The van der Waals surface area contributed by atoms with Gasteiger partial charge in [-0.05, 0) is 78.5 Å². The van der Waals surface area contributed by atoms with Gasteiger partial charge in [0.2, 0.25) is 22.0 Å². The number of anilines is 2. The molecule has 390 valence electrons. The number of phenols is 1. The Balaban J connectivity index is 1.37. The van der Waals surface area contributed by atoms with E-state index in [1.54, 1.807) is 27.8 Å². The molecule has 0 aliphatic heterocycles. The number of azo groups is 1. The summed E-state index contributed by atoms with van der Waals surface area (Å²) in [5.41, 5.74) is -1.94. The van der Waals surface area contributed by atoms with Crippen molar-refractivity contribution in [3.05, 3.63) is 66.7 Å². The minimum absolute atomic E-state index is 0.0239. The van der Waals surface area contributed by atoms with E-state index in [0.29, 0.717) is 6.54 Å². The number of nitrogens with one attached hydrogen (secondary N) is 2. The van der Waals surface area contributed by atoms with Crippen molar-refractivity contribution >= 4 is 81.4 Å². The quantitative estimate of drug-likeness (QED) is 0.0147. The summed E-state index contributed by atoms with van der Waals surface area (Å²) in [6, 6.07) is 13.3. The highest BCUT2D eigenvalue weighted by atomic mass is 32.2. The fraction of sp³-hybridized carbons (Fsp3) is 0.500.